The van der Waals surface area contributed by atoms with Crippen molar-refractivity contribution < 1.29 is 9.59 Å². The molecule has 7 nitrogen and oxygen atoms in total. The van der Waals surface area contributed by atoms with Gasteiger partial charge in [-0.05, 0) is 29.3 Å². The third kappa shape index (κ3) is 4.45. The molecule has 0 saturated heterocycles. The van der Waals surface area contributed by atoms with E-state index in [1.807, 2.05) is 0 Å². The van der Waals surface area contributed by atoms with Gasteiger partial charge in [-0.25, -0.2) is 0 Å². The summed E-state index contributed by atoms with van der Waals surface area (Å²) < 4.78 is 0. The SMILES string of the molecule is [N-]=[N+]=Nc1ccc(/C=C(\NC(=O)c2ccccc2)C(N)=O)cc1. The smallest absolute Gasteiger partial charge is 0.265 e. The van der Waals surface area contributed by atoms with Crippen LogP contribution in [-0.4, -0.2) is 11.8 Å². The lowest BCUT2D eigenvalue weighted by atomic mass is 10.1. The average molecular weight is 307 g/mol. The second-order valence-corrected chi connectivity index (χ2v) is 4.52. The van der Waals surface area contributed by atoms with Crippen molar-refractivity contribution in [2.24, 2.45) is 10.8 Å². The summed E-state index contributed by atoms with van der Waals surface area (Å²) in [6.07, 6.45) is 1.45. The molecule has 0 heterocycles. The maximum absolute atomic E-state index is 12.1. The number of azide groups is 1. The zero-order chi connectivity index (χ0) is 16.7. The van der Waals surface area contributed by atoms with Gasteiger partial charge in [0.05, 0.1) is 0 Å². The molecule has 0 spiro atoms. The summed E-state index contributed by atoms with van der Waals surface area (Å²) in [5.41, 5.74) is 15.1. The van der Waals surface area contributed by atoms with Crippen LogP contribution in [0.4, 0.5) is 5.69 Å². The highest BCUT2D eigenvalue weighted by molar-refractivity contribution is 6.04. The summed E-state index contributed by atoms with van der Waals surface area (Å²) in [5, 5.41) is 5.94. The maximum Gasteiger partial charge on any atom is 0.265 e. The van der Waals surface area contributed by atoms with E-state index in [0.29, 0.717) is 16.8 Å². The van der Waals surface area contributed by atoms with Crippen molar-refractivity contribution in [2.45, 2.75) is 0 Å². The largest absolute Gasteiger partial charge is 0.364 e. The van der Waals surface area contributed by atoms with Crippen molar-refractivity contribution >= 4 is 23.6 Å². The minimum atomic E-state index is -0.756. The van der Waals surface area contributed by atoms with E-state index in [1.54, 1.807) is 54.6 Å². The van der Waals surface area contributed by atoms with E-state index in [9.17, 15) is 9.59 Å². The Morgan fingerprint density at radius 1 is 1.09 bits per heavy atom. The fourth-order valence-corrected chi connectivity index (χ4v) is 1.81. The molecule has 23 heavy (non-hydrogen) atoms. The summed E-state index contributed by atoms with van der Waals surface area (Å²) in [6, 6.07) is 14.9. The van der Waals surface area contributed by atoms with Gasteiger partial charge in [0, 0.05) is 16.2 Å². The minimum Gasteiger partial charge on any atom is -0.364 e. The lowest BCUT2D eigenvalue weighted by Gasteiger charge is -2.07. The van der Waals surface area contributed by atoms with Crippen LogP contribution in [0.1, 0.15) is 15.9 Å². The molecule has 2 aromatic carbocycles. The second kappa shape index (κ2) is 7.44. The molecule has 2 amide bonds. The van der Waals surface area contributed by atoms with Crippen molar-refractivity contribution in [2.75, 3.05) is 0 Å². The minimum absolute atomic E-state index is 0.0320. The summed E-state index contributed by atoms with van der Waals surface area (Å²) in [4.78, 5) is 26.3. The molecular weight excluding hydrogens is 294 g/mol. The Bertz CT molecular complexity index is 791. The quantitative estimate of drug-likeness (QED) is 0.382. The van der Waals surface area contributed by atoms with Gasteiger partial charge in [0.25, 0.3) is 11.8 Å². The van der Waals surface area contributed by atoms with Crippen molar-refractivity contribution in [1.29, 1.82) is 0 Å². The van der Waals surface area contributed by atoms with E-state index in [-0.39, 0.29) is 5.70 Å². The van der Waals surface area contributed by atoms with Crippen molar-refractivity contribution in [3.8, 4) is 0 Å². The Labute approximate surface area is 132 Å². The maximum atomic E-state index is 12.1. The van der Waals surface area contributed by atoms with Gasteiger partial charge >= 0.3 is 0 Å². The van der Waals surface area contributed by atoms with Crippen LogP contribution in [0.25, 0.3) is 16.5 Å². The Kier molecular flexibility index (Phi) is 5.12. The number of carbonyl (C=O) groups excluding carboxylic acids is 2. The molecule has 0 bridgehead atoms. The Morgan fingerprint density at radius 2 is 1.74 bits per heavy atom. The molecule has 0 fully saturated rings. The van der Waals surface area contributed by atoms with Crippen LogP contribution in [0.5, 0.6) is 0 Å². The number of nitrogens with one attached hydrogen (secondary N) is 1. The van der Waals surface area contributed by atoms with Crippen LogP contribution in [0.15, 0.2) is 65.4 Å². The van der Waals surface area contributed by atoms with E-state index >= 15 is 0 Å². The number of hydrogen-bond acceptors (Lipinski definition) is 3. The molecule has 2 rings (SSSR count). The predicted octanol–water partition coefficient (Wildman–Crippen LogP) is 2.88. The first-order chi connectivity index (χ1) is 11.1. The van der Waals surface area contributed by atoms with Crippen LogP contribution in [-0.2, 0) is 4.79 Å². The van der Waals surface area contributed by atoms with Gasteiger partial charge in [-0.3, -0.25) is 9.59 Å². The molecule has 3 N–H and O–H groups in total. The van der Waals surface area contributed by atoms with Gasteiger partial charge in [0.15, 0.2) is 0 Å². The number of rotatable bonds is 5. The summed E-state index contributed by atoms with van der Waals surface area (Å²) >= 11 is 0. The Balaban J connectivity index is 2.22. The topological polar surface area (TPSA) is 121 Å². The lowest BCUT2D eigenvalue weighted by Crippen LogP contribution is -2.31. The van der Waals surface area contributed by atoms with E-state index in [2.05, 4.69) is 15.3 Å². The van der Waals surface area contributed by atoms with E-state index in [0.717, 1.165) is 0 Å². The lowest BCUT2D eigenvalue weighted by molar-refractivity contribution is -0.114. The van der Waals surface area contributed by atoms with Gasteiger partial charge in [-0.1, -0.05) is 47.6 Å². The first kappa shape index (κ1) is 15.8. The molecule has 0 atom stereocenters. The number of nitrogens with two attached hydrogens (primary N) is 1. The summed E-state index contributed by atoms with van der Waals surface area (Å²) in [6.45, 7) is 0. The molecule has 7 heteroatoms. The highest BCUT2D eigenvalue weighted by Crippen LogP contribution is 2.15. The van der Waals surface area contributed by atoms with Crippen LogP contribution in [0.2, 0.25) is 0 Å². The van der Waals surface area contributed by atoms with E-state index in [1.165, 1.54) is 6.08 Å². The molecule has 0 aliphatic heterocycles. The molecule has 0 aliphatic carbocycles. The first-order valence-corrected chi connectivity index (χ1v) is 6.63. The number of primary amides is 1. The predicted molar refractivity (Wildman–Crippen MR) is 86.3 cm³/mol. The fourth-order valence-electron chi connectivity index (χ4n) is 1.81. The van der Waals surface area contributed by atoms with Crippen molar-refractivity contribution in [3.05, 3.63) is 81.9 Å². The van der Waals surface area contributed by atoms with Crippen LogP contribution >= 0.6 is 0 Å². The number of nitrogens with zero attached hydrogens (tertiary/aromatic N) is 3. The van der Waals surface area contributed by atoms with E-state index in [4.69, 9.17) is 11.3 Å². The number of carbonyl (C=O) groups is 2. The number of amides is 2. The molecule has 0 radical (unpaired) electrons. The Morgan fingerprint density at radius 3 is 2.30 bits per heavy atom. The van der Waals surface area contributed by atoms with Crippen molar-refractivity contribution in [3.63, 3.8) is 0 Å². The molecule has 0 aliphatic rings. The number of hydrogen-bond donors (Lipinski definition) is 2. The van der Waals surface area contributed by atoms with Gasteiger partial charge in [0.1, 0.15) is 5.70 Å². The standard InChI is InChI=1S/C16H13N5O2/c17-15(22)14(19-16(23)12-4-2-1-3-5-12)10-11-6-8-13(9-7-11)20-21-18/h1-10H,(H2,17,22)(H,19,23)/b14-10-. The first-order valence-electron chi connectivity index (χ1n) is 6.63. The monoisotopic (exact) mass is 307 g/mol. The molecule has 2 aromatic rings. The van der Waals surface area contributed by atoms with E-state index < -0.39 is 11.8 Å². The zero-order valence-electron chi connectivity index (χ0n) is 12.0. The zero-order valence-corrected chi connectivity index (χ0v) is 12.0. The molecule has 0 unspecified atom stereocenters. The highest BCUT2D eigenvalue weighted by atomic mass is 16.2. The van der Waals surface area contributed by atoms with Crippen LogP contribution in [0.3, 0.4) is 0 Å². The molecular formula is C16H13N5O2. The van der Waals surface area contributed by atoms with Gasteiger partial charge in [-0.2, -0.15) is 0 Å². The molecule has 114 valence electrons. The van der Waals surface area contributed by atoms with Gasteiger partial charge < -0.3 is 11.1 Å². The van der Waals surface area contributed by atoms with Crippen molar-refractivity contribution in [1.82, 2.24) is 5.32 Å². The average Bonchev–Trinajstić information content (AvgIpc) is 2.57. The van der Waals surface area contributed by atoms with Crippen LogP contribution < -0.4 is 11.1 Å². The molecule has 0 aromatic heterocycles. The second-order valence-electron chi connectivity index (χ2n) is 4.52. The summed E-state index contributed by atoms with van der Waals surface area (Å²) in [7, 11) is 0. The number of benzene rings is 2. The van der Waals surface area contributed by atoms with Gasteiger partial charge in [-0.15, -0.1) is 0 Å². The summed E-state index contributed by atoms with van der Waals surface area (Å²) in [5.74, 6) is -1.19. The van der Waals surface area contributed by atoms with Gasteiger partial charge in [0.2, 0.25) is 0 Å². The third-order valence-corrected chi connectivity index (χ3v) is 2.91. The fraction of sp³-hybridized carbons (Fsp3) is 0. The Hall–Kier alpha value is -3.57. The van der Waals surface area contributed by atoms with Crippen LogP contribution in [0, 0.1) is 0 Å². The highest BCUT2D eigenvalue weighted by Gasteiger charge is 2.11. The normalized spacial score (nSPS) is 10.5. The third-order valence-electron chi connectivity index (χ3n) is 2.91. The molecule has 0 saturated carbocycles.